The third-order valence-electron chi connectivity index (χ3n) is 1.90. The first kappa shape index (κ1) is 8.68. The fourth-order valence-electron chi connectivity index (χ4n) is 1.05. The van der Waals surface area contributed by atoms with E-state index in [-0.39, 0.29) is 5.41 Å². The van der Waals surface area contributed by atoms with E-state index in [2.05, 4.69) is 24.3 Å². The van der Waals surface area contributed by atoms with E-state index < -0.39 is 0 Å². The standard InChI is InChI=1S/C8H14N2S/c1-8(2,4-5-9)7-3-6-11-10-7/h3,6H,4-5,9H2,1-2H3. The topological polar surface area (TPSA) is 38.9 Å². The highest BCUT2D eigenvalue weighted by Crippen LogP contribution is 2.25. The number of nitrogens with two attached hydrogens (primary N) is 1. The Morgan fingerprint density at radius 2 is 2.36 bits per heavy atom. The van der Waals surface area contributed by atoms with Crippen LogP contribution in [0.15, 0.2) is 11.4 Å². The summed E-state index contributed by atoms with van der Waals surface area (Å²) >= 11 is 1.50. The van der Waals surface area contributed by atoms with Crippen molar-refractivity contribution in [2.45, 2.75) is 25.7 Å². The van der Waals surface area contributed by atoms with E-state index >= 15 is 0 Å². The number of aromatic nitrogens is 1. The fraction of sp³-hybridized carbons (Fsp3) is 0.625. The second kappa shape index (κ2) is 3.32. The van der Waals surface area contributed by atoms with Crippen LogP contribution in [-0.4, -0.2) is 10.9 Å². The van der Waals surface area contributed by atoms with Crippen LogP contribution in [0.25, 0.3) is 0 Å². The predicted octanol–water partition coefficient (Wildman–Crippen LogP) is 1.77. The van der Waals surface area contributed by atoms with Gasteiger partial charge >= 0.3 is 0 Å². The van der Waals surface area contributed by atoms with Gasteiger partial charge in [0, 0.05) is 10.8 Å². The molecule has 0 fully saturated rings. The molecule has 0 bridgehead atoms. The zero-order valence-electron chi connectivity index (χ0n) is 7.00. The summed E-state index contributed by atoms with van der Waals surface area (Å²) in [6.07, 6.45) is 0.997. The van der Waals surface area contributed by atoms with Crippen LogP contribution in [0.1, 0.15) is 26.0 Å². The van der Waals surface area contributed by atoms with E-state index in [0.717, 1.165) is 18.7 Å². The SMILES string of the molecule is CC(C)(CCN)c1ccsn1. The van der Waals surface area contributed by atoms with E-state index in [4.69, 9.17) is 5.73 Å². The van der Waals surface area contributed by atoms with Crippen LogP contribution in [0, 0.1) is 0 Å². The molecule has 0 saturated carbocycles. The van der Waals surface area contributed by atoms with Crippen LogP contribution < -0.4 is 5.73 Å². The first-order chi connectivity index (χ1) is 5.17. The minimum Gasteiger partial charge on any atom is -0.330 e. The third kappa shape index (κ3) is 2.01. The van der Waals surface area contributed by atoms with Gasteiger partial charge in [-0.3, -0.25) is 0 Å². The van der Waals surface area contributed by atoms with E-state index in [1.807, 2.05) is 5.38 Å². The van der Waals surface area contributed by atoms with Gasteiger partial charge in [0.1, 0.15) is 0 Å². The molecule has 1 rings (SSSR count). The highest BCUT2D eigenvalue weighted by Gasteiger charge is 2.21. The molecule has 0 radical (unpaired) electrons. The van der Waals surface area contributed by atoms with Gasteiger partial charge in [-0.15, -0.1) is 0 Å². The third-order valence-corrected chi connectivity index (χ3v) is 2.46. The quantitative estimate of drug-likeness (QED) is 0.751. The lowest BCUT2D eigenvalue weighted by atomic mass is 9.86. The maximum absolute atomic E-state index is 5.50. The molecule has 0 amide bonds. The van der Waals surface area contributed by atoms with Gasteiger partial charge in [-0.2, -0.15) is 4.37 Å². The van der Waals surface area contributed by atoms with Gasteiger partial charge in [-0.05, 0) is 30.6 Å². The van der Waals surface area contributed by atoms with Crippen molar-refractivity contribution in [3.63, 3.8) is 0 Å². The zero-order valence-corrected chi connectivity index (χ0v) is 7.82. The van der Waals surface area contributed by atoms with E-state index in [1.54, 1.807) is 0 Å². The molecular weight excluding hydrogens is 156 g/mol. The molecule has 2 nitrogen and oxygen atoms in total. The Morgan fingerprint density at radius 1 is 1.64 bits per heavy atom. The normalized spacial score (nSPS) is 11.9. The molecule has 0 saturated heterocycles. The van der Waals surface area contributed by atoms with Gasteiger partial charge in [-0.1, -0.05) is 13.8 Å². The number of nitrogens with zero attached hydrogens (tertiary/aromatic N) is 1. The van der Waals surface area contributed by atoms with E-state index in [1.165, 1.54) is 11.5 Å². The Bertz CT molecular complexity index is 204. The molecule has 2 N–H and O–H groups in total. The Morgan fingerprint density at radius 3 is 2.82 bits per heavy atom. The summed E-state index contributed by atoms with van der Waals surface area (Å²) in [6, 6.07) is 2.07. The van der Waals surface area contributed by atoms with Crippen LogP contribution in [0.5, 0.6) is 0 Å². The van der Waals surface area contributed by atoms with Crippen LogP contribution >= 0.6 is 11.5 Å². The lowest BCUT2D eigenvalue weighted by molar-refractivity contribution is 0.477. The Hall–Kier alpha value is -0.410. The molecule has 62 valence electrons. The van der Waals surface area contributed by atoms with E-state index in [9.17, 15) is 0 Å². The molecule has 0 aliphatic heterocycles. The maximum atomic E-state index is 5.50. The lowest BCUT2D eigenvalue weighted by Gasteiger charge is -2.20. The predicted molar refractivity (Wildman–Crippen MR) is 48.8 cm³/mol. The van der Waals surface area contributed by atoms with Crippen molar-refractivity contribution >= 4 is 11.5 Å². The number of hydrogen-bond acceptors (Lipinski definition) is 3. The first-order valence-corrected chi connectivity index (χ1v) is 4.61. The largest absolute Gasteiger partial charge is 0.330 e. The Balaban J connectivity index is 2.73. The van der Waals surface area contributed by atoms with Crippen molar-refractivity contribution in [3.8, 4) is 0 Å². The number of rotatable bonds is 3. The fourth-order valence-corrected chi connectivity index (χ4v) is 1.72. The van der Waals surface area contributed by atoms with Crippen molar-refractivity contribution in [2.24, 2.45) is 5.73 Å². The summed E-state index contributed by atoms with van der Waals surface area (Å²) in [5.74, 6) is 0. The molecule has 0 aliphatic rings. The van der Waals surface area contributed by atoms with Gasteiger partial charge in [0.25, 0.3) is 0 Å². The van der Waals surface area contributed by atoms with Crippen molar-refractivity contribution in [3.05, 3.63) is 17.1 Å². The van der Waals surface area contributed by atoms with Crippen LogP contribution in [0.3, 0.4) is 0 Å². The zero-order chi connectivity index (χ0) is 8.32. The van der Waals surface area contributed by atoms with Crippen LogP contribution in [0.2, 0.25) is 0 Å². The summed E-state index contributed by atoms with van der Waals surface area (Å²) < 4.78 is 4.29. The second-order valence-electron chi connectivity index (χ2n) is 3.31. The minimum atomic E-state index is 0.148. The molecule has 3 heteroatoms. The molecule has 1 heterocycles. The minimum absolute atomic E-state index is 0.148. The molecule has 1 aromatic rings. The Kier molecular flexibility index (Phi) is 2.62. The molecule has 0 unspecified atom stereocenters. The summed E-state index contributed by atoms with van der Waals surface area (Å²) in [5.41, 5.74) is 6.80. The van der Waals surface area contributed by atoms with Gasteiger partial charge in [-0.25, -0.2) is 0 Å². The van der Waals surface area contributed by atoms with Gasteiger partial charge in [0.15, 0.2) is 0 Å². The van der Waals surface area contributed by atoms with E-state index in [0.29, 0.717) is 0 Å². The summed E-state index contributed by atoms with van der Waals surface area (Å²) in [4.78, 5) is 0. The molecule has 0 spiro atoms. The maximum Gasteiger partial charge on any atom is 0.0598 e. The number of hydrogen-bond donors (Lipinski definition) is 1. The summed E-state index contributed by atoms with van der Waals surface area (Å²) in [6.45, 7) is 5.08. The molecule has 0 aromatic carbocycles. The lowest BCUT2D eigenvalue weighted by Crippen LogP contribution is -2.21. The highest BCUT2D eigenvalue weighted by atomic mass is 32.1. The second-order valence-corrected chi connectivity index (χ2v) is 3.97. The van der Waals surface area contributed by atoms with Crippen molar-refractivity contribution in [2.75, 3.05) is 6.54 Å². The van der Waals surface area contributed by atoms with Gasteiger partial charge in [0.2, 0.25) is 0 Å². The molecular formula is C8H14N2S. The highest BCUT2D eigenvalue weighted by molar-refractivity contribution is 7.03. The van der Waals surface area contributed by atoms with Gasteiger partial charge < -0.3 is 5.73 Å². The average molecular weight is 170 g/mol. The smallest absolute Gasteiger partial charge is 0.0598 e. The molecule has 1 aromatic heterocycles. The molecule has 0 atom stereocenters. The summed E-state index contributed by atoms with van der Waals surface area (Å²) in [5, 5.41) is 2.01. The Labute approximate surface area is 71.6 Å². The van der Waals surface area contributed by atoms with Gasteiger partial charge in [0.05, 0.1) is 5.69 Å². The first-order valence-electron chi connectivity index (χ1n) is 3.78. The monoisotopic (exact) mass is 170 g/mol. The van der Waals surface area contributed by atoms with Crippen LogP contribution in [-0.2, 0) is 5.41 Å². The summed E-state index contributed by atoms with van der Waals surface area (Å²) in [7, 11) is 0. The molecule has 0 aliphatic carbocycles. The van der Waals surface area contributed by atoms with Crippen molar-refractivity contribution < 1.29 is 0 Å². The van der Waals surface area contributed by atoms with Crippen molar-refractivity contribution in [1.82, 2.24) is 4.37 Å². The average Bonchev–Trinajstić information content (AvgIpc) is 2.37. The van der Waals surface area contributed by atoms with Crippen molar-refractivity contribution in [1.29, 1.82) is 0 Å². The van der Waals surface area contributed by atoms with Crippen LogP contribution in [0.4, 0.5) is 0 Å². The molecule has 11 heavy (non-hydrogen) atoms.